The fraction of sp³-hybridized carbons (Fsp3) is 0.750. The van der Waals surface area contributed by atoms with Gasteiger partial charge in [0.2, 0.25) is 5.91 Å². The zero-order valence-corrected chi connectivity index (χ0v) is 23.6. The molecule has 0 unspecified atom stereocenters. The van der Waals surface area contributed by atoms with Gasteiger partial charge in [-0.2, -0.15) is 0 Å². The first-order valence-electron chi connectivity index (χ1n) is 15.2. The van der Waals surface area contributed by atoms with Crippen LogP contribution < -0.4 is 5.32 Å². The Morgan fingerprint density at radius 2 is 1.03 bits per heavy atom. The summed E-state index contributed by atoms with van der Waals surface area (Å²) in [6, 6.07) is 4.61. The van der Waals surface area contributed by atoms with E-state index < -0.39 is 0 Å². The second-order valence-electron chi connectivity index (χ2n) is 10.7. The van der Waals surface area contributed by atoms with Crippen LogP contribution in [-0.2, 0) is 4.79 Å². The van der Waals surface area contributed by atoms with E-state index in [-0.39, 0.29) is 23.0 Å². The molecule has 2 N–H and O–H groups in total. The summed E-state index contributed by atoms with van der Waals surface area (Å²) in [5.74, 6) is -0.300. The fourth-order valence-corrected chi connectivity index (χ4v) is 4.84. The summed E-state index contributed by atoms with van der Waals surface area (Å²) < 4.78 is 0. The van der Waals surface area contributed by atoms with E-state index in [1.165, 1.54) is 141 Å². The third kappa shape index (κ3) is 17.6. The number of ketones is 1. The molecule has 0 fully saturated rings. The number of carbonyl (C=O) groups is 2. The minimum absolute atomic E-state index is 0.0343. The molecule has 4 heteroatoms. The molecule has 1 amide bonds. The molecule has 1 rings (SSSR count). The van der Waals surface area contributed by atoms with Crippen LogP contribution in [-0.4, -0.2) is 16.8 Å². The predicted molar refractivity (Wildman–Crippen MR) is 154 cm³/mol. The lowest BCUT2D eigenvalue weighted by Crippen LogP contribution is -2.11. The van der Waals surface area contributed by atoms with Crippen molar-refractivity contribution < 1.29 is 14.7 Å². The van der Waals surface area contributed by atoms with Crippen molar-refractivity contribution in [2.45, 2.75) is 155 Å². The predicted octanol–water partition coefficient (Wildman–Crippen LogP) is 10.1. The first-order valence-corrected chi connectivity index (χ1v) is 15.2. The highest BCUT2D eigenvalue weighted by Gasteiger charge is 2.09. The average molecular weight is 502 g/mol. The first-order chi connectivity index (χ1) is 17.5. The summed E-state index contributed by atoms with van der Waals surface area (Å²) in [6.07, 6.45) is 28.9. The Morgan fingerprint density at radius 1 is 0.639 bits per heavy atom. The Kier molecular flexibility index (Phi) is 20.0. The number of phenols is 1. The van der Waals surface area contributed by atoms with Crippen molar-refractivity contribution in [2.75, 3.05) is 5.32 Å². The summed E-state index contributed by atoms with van der Waals surface area (Å²) in [5.41, 5.74) is 0.799. The number of hydrogen-bond donors (Lipinski definition) is 2. The summed E-state index contributed by atoms with van der Waals surface area (Å²) in [5, 5.41) is 12.5. The van der Waals surface area contributed by atoms with Crippen molar-refractivity contribution in [2.24, 2.45) is 0 Å². The van der Waals surface area contributed by atoms with Gasteiger partial charge < -0.3 is 10.4 Å². The van der Waals surface area contributed by atoms with Gasteiger partial charge in [-0.05, 0) is 31.5 Å². The van der Waals surface area contributed by atoms with Crippen LogP contribution >= 0.6 is 0 Å². The number of carbonyl (C=O) groups excluding carboxylic acids is 2. The Balaban J connectivity index is 1.83. The molecule has 36 heavy (non-hydrogen) atoms. The molecule has 1 aromatic carbocycles. The zero-order chi connectivity index (χ0) is 26.3. The maximum absolute atomic E-state index is 12.1. The number of benzene rings is 1. The Labute approximate surface area is 222 Å². The number of phenolic OH excluding ortho intramolecular Hbond substituents is 1. The van der Waals surface area contributed by atoms with Gasteiger partial charge in [0.15, 0.2) is 5.78 Å². The molecule has 4 nitrogen and oxygen atoms in total. The molecule has 206 valence electrons. The third-order valence-electron chi connectivity index (χ3n) is 7.17. The zero-order valence-electron chi connectivity index (χ0n) is 23.6. The van der Waals surface area contributed by atoms with Crippen LogP contribution in [0.3, 0.4) is 0 Å². The summed E-state index contributed by atoms with van der Waals surface area (Å²) in [7, 11) is 0. The van der Waals surface area contributed by atoms with Crippen LogP contribution in [0.2, 0.25) is 0 Å². The Hall–Kier alpha value is -1.84. The van der Waals surface area contributed by atoms with Crippen LogP contribution in [0.4, 0.5) is 5.69 Å². The monoisotopic (exact) mass is 501 g/mol. The van der Waals surface area contributed by atoms with E-state index in [0.29, 0.717) is 12.1 Å². The van der Waals surface area contributed by atoms with Gasteiger partial charge in [0.05, 0.1) is 5.56 Å². The van der Waals surface area contributed by atoms with Crippen LogP contribution in [0.1, 0.15) is 165 Å². The number of unbranched alkanes of at least 4 members (excludes halogenated alkanes) is 20. The molecule has 0 aliphatic heterocycles. The maximum Gasteiger partial charge on any atom is 0.224 e. The van der Waals surface area contributed by atoms with E-state index in [4.69, 9.17) is 0 Å². The molecule has 0 radical (unpaired) electrons. The van der Waals surface area contributed by atoms with Crippen LogP contribution in [0.15, 0.2) is 18.2 Å². The van der Waals surface area contributed by atoms with Crippen molar-refractivity contribution in [1.82, 2.24) is 0 Å². The van der Waals surface area contributed by atoms with Crippen molar-refractivity contribution in [3.05, 3.63) is 23.8 Å². The number of anilines is 1. The summed E-state index contributed by atoms with van der Waals surface area (Å²) in [4.78, 5) is 23.6. The van der Waals surface area contributed by atoms with Crippen LogP contribution in [0.25, 0.3) is 0 Å². The number of nitrogens with one attached hydrogen (secondary N) is 1. The van der Waals surface area contributed by atoms with Crippen molar-refractivity contribution in [1.29, 1.82) is 0 Å². The van der Waals surface area contributed by atoms with Gasteiger partial charge in [-0.25, -0.2) is 0 Å². The molecule has 0 aromatic heterocycles. The standard InChI is InChI=1S/C32H55NO3/c1-3-4-5-6-7-8-9-10-11-12-13-14-15-16-17-18-19-20-21-22-23-24-32(36)33-29-25-26-31(35)30(27-29)28(2)34/h25-27,35H,3-24H2,1-2H3,(H,33,36). The SMILES string of the molecule is CCCCCCCCCCCCCCCCCCCCCCCC(=O)Nc1ccc(O)c(C(C)=O)c1. The number of aromatic hydroxyl groups is 1. The number of hydrogen-bond acceptors (Lipinski definition) is 3. The van der Waals surface area contributed by atoms with Gasteiger partial charge in [-0.3, -0.25) is 9.59 Å². The fourth-order valence-electron chi connectivity index (χ4n) is 4.84. The summed E-state index contributed by atoms with van der Waals surface area (Å²) >= 11 is 0. The molecule has 0 aliphatic carbocycles. The van der Waals surface area contributed by atoms with E-state index in [1.54, 1.807) is 6.07 Å². The Morgan fingerprint density at radius 3 is 1.42 bits per heavy atom. The van der Waals surface area contributed by atoms with Gasteiger partial charge in [0.1, 0.15) is 5.75 Å². The van der Waals surface area contributed by atoms with Gasteiger partial charge in [-0.15, -0.1) is 0 Å². The molecule has 0 saturated heterocycles. The van der Waals surface area contributed by atoms with Crippen molar-refractivity contribution >= 4 is 17.4 Å². The second kappa shape index (κ2) is 22.4. The molecule has 0 aliphatic rings. The van der Waals surface area contributed by atoms with Crippen molar-refractivity contribution in [3.8, 4) is 5.75 Å². The molecule has 0 spiro atoms. The maximum atomic E-state index is 12.1. The van der Waals surface area contributed by atoms with Gasteiger partial charge in [0.25, 0.3) is 0 Å². The van der Waals surface area contributed by atoms with Gasteiger partial charge >= 0.3 is 0 Å². The largest absolute Gasteiger partial charge is 0.507 e. The van der Waals surface area contributed by atoms with Crippen molar-refractivity contribution in [3.63, 3.8) is 0 Å². The summed E-state index contributed by atoms with van der Waals surface area (Å²) in [6.45, 7) is 3.69. The molecule has 0 bridgehead atoms. The van der Waals surface area contributed by atoms with E-state index >= 15 is 0 Å². The quantitative estimate of drug-likeness (QED) is 0.0841. The van der Waals surface area contributed by atoms with Gasteiger partial charge in [-0.1, -0.05) is 135 Å². The molecule has 1 aromatic rings. The lowest BCUT2D eigenvalue weighted by atomic mass is 10.0. The molecule has 0 atom stereocenters. The molecular weight excluding hydrogens is 446 g/mol. The lowest BCUT2D eigenvalue weighted by Gasteiger charge is -2.08. The highest BCUT2D eigenvalue weighted by Crippen LogP contribution is 2.22. The highest BCUT2D eigenvalue weighted by atomic mass is 16.3. The van der Waals surface area contributed by atoms with E-state index in [0.717, 1.165) is 12.8 Å². The highest BCUT2D eigenvalue weighted by molar-refractivity contribution is 5.99. The number of amides is 1. The Bertz CT molecular complexity index is 701. The normalized spacial score (nSPS) is 11.1. The van der Waals surface area contributed by atoms with Crippen LogP contribution in [0, 0.1) is 0 Å². The average Bonchev–Trinajstić information content (AvgIpc) is 2.86. The van der Waals surface area contributed by atoms with E-state index in [1.807, 2.05) is 0 Å². The van der Waals surface area contributed by atoms with Gasteiger partial charge in [0, 0.05) is 12.1 Å². The smallest absolute Gasteiger partial charge is 0.224 e. The second-order valence-corrected chi connectivity index (χ2v) is 10.7. The third-order valence-corrected chi connectivity index (χ3v) is 7.17. The minimum Gasteiger partial charge on any atom is -0.507 e. The first kappa shape index (κ1) is 32.2. The number of Topliss-reactive ketones (excluding diaryl/α,β-unsaturated/α-hetero) is 1. The van der Waals surface area contributed by atoms with E-state index in [2.05, 4.69) is 12.2 Å². The number of rotatable bonds is 24. The molecule has 0 heterocycles. The molecule has 0 saturated carbocycles. The topological polar surface area (TPSA) is 66.4 Å². The van der Waals surface area contributed by atoms with E-state index in [9.17, 15) is 14.7 Å². The lowest BCUT2D eigenvalue weighted by molar-refractivity contribution is -0.116. The molecular formula is C32H55NO3. The van der Waals surface area contributed by atoms with Crippen LogP contribution in [0.5, 0.6) is 5.75 Å². The minimum atomic E-state index is -0.215.